The Morgan fingerprint density at radius 1 is 1.35 bits per heavy atom. The molecule has 6 nitrogen and oxygen atoms in total. The van der Waals surface area contributed by atoms with E-state index in [0.29, 0.717) is 12.3 Å². The van der Waals surface area contributed by atoms with Gasteiger partial charge in [0.25, 0.3) is 5.91 Å². The van der Waals surface area contributed by atoms with E-state index in [2.05, 4.69) is 33.9 Å². The molecule has 2 N–H and O–H groups in total. The highest BCUT2D eigenvalue weighted by atomic mass is 16.5. The van der Waals surface area contributed by atoms with Gasteiger partial charge < -0.3 is 15.4 Å². The van der Waals surface area contributed by atoms with Crippen molar-refractivity contribution in [1.82, 2.24) is 20.4 Å². The fourth-order valence-corrected chi connectivity index (χ4v) is 2.81. The number of carbonyl (C=O) groups is 1. The molecule has 0 radical (unpaired) electrons. The Labute approximate surface area is 135 Å². The first-order chi connectivity index (χ1) is 11.0. The topological polar surface area (TPSA) is 68.2 Å². The number of ether oxygens (including phenoxy) is 1. The average Bonchev–Trinajstić information content (AvgIpc) is 3.08. The fraction of sp³-hybridized carbons (Fsp3) is 0.412. The molecule has 6 heteroatoms. The SMILES string of the molecule is Cc1nn(C)c(C)c1OCC(=O)NCc1ccc2c(c1)CNC2. The van der Waals surface area contributed by atoms with Crippen LogP contribution >= 0.6 is 0 Å². The van der Waals surface area contributed by atoms with E-state index in [-0.39, 0.29) is 12.5 Å². The van der Waals surface area contributed by atoms with Gasteiger partial charge in [0.15, 0.2) is 12.4 Å². The zero-order chi connectivity index (χ0) is 16.4. The van der Waals surface area contributed by atoms with Crippen molar-refractivity contribution in [2.45, 2.75) is 33.5 Å². The maximum Gasteiger partial charge on any atom is 0.258 e. The van der Waals surface area contributed by atoms with Crippen molar-refractivity contribution in [3.8, 4) is 5.75 Å². The first-order valence-electron chi connectivity index (χ1n) is 7.75. The van der Waals surface area contributed by atoms with Crippen molar-refractivity contribution in [3.63, 3.8) is 0 Å². The number of benzene rings is 1. The number of rotatable bonds is 5. The standard InChI is InChI=1S/C17H22N4O2/c1-11-17(12(2)21(3)20-11)23-10-16(22)19-7-13-4-5-14-8-18-9-15(14)6-13/h4-6,18H,7-10H2,1-3H3,(H,19,22). The minimum Gasteiger partial charge on any atom is -0.480 e. The summed E-state index contributed by atoms with van der Waals surface area (Å²) >= 11 is 0. The number of nitrogens with zero attached hydrogens (tertiary/aromatic N) is 2. The average molecular weight is 314 g/mol. The number of amides is 1. The third-order valence-corrected chi connectivity index (χ3v) is 4.18. The minimum absolute atomic E-state index is 0.000129. The predicted octanol–water partition coefficient (Wildman–Crippen LogP) is 1.34. The molecule has 122 valence electrons. The van der Waals surface area contributed by atoms with Crippen LogP contribution in [0.2, 0.25) is 0 Å². The van der Waals surface area contributed by atoms with E-state index in [1.165, 1.54) is 11.1 Å². The summed E-state index contributed by atoms with van der Waals surface area (Å²) in [6.45, 7) is 6.14. The number of aryl methyl sites for hydroxylation is 2. The fourth-order valence-electron chi connectivity index (χ4n) is 2.81. The molecule has 0 fully saturated rings. The van der Waals surface area contributed by atoms with Crippen LogP contribution in [0.1, 0.15) is 28.1 Å². The van der Waals surface area contributed by atoms with Gasteiger partial charge in [0.1, 0.15) is 5.69 Å². The molecule has 3 rings (SSSR count). The molecule has 0 aliphatic carbocycles. The van der Waals surface area contributed by atoms with Crippen LogP contribution in [-0.4, -0.2) is 22.3 Å². The summed E-state index contributed by atoms with van der Waals surface area (Å²) in [7, 11) is 1.86. The van der Waals surface area contributed by atoms with Gasteiger partial charge in [-0.15, -0.1) is 0 Å². The van der Waals surface area contributed by atoms with Crippen LogP contribution in [0, 0.1) is 13.8 Å². The molecule has 1 amide bonds. The number of aromatic nitrogens is 2. The molecule has 0 unspecified atom stereocenters. The number of fused-ring (bicyclic) bond motifs is 1. The van der Waals surface area contributed by atoms with Gasteiger partial charge in [0.2, 0.25) is 0 Å². The van der Waals surface area contributed by atoms with Crippen molar-refractivity contribution < 1.29 is 9.53 Å². The first kappa shape index (κ1) is 15.6. The summed E-state index contributed by atoms with van der Waals surface area (Å²) in [5.74, 6) is 0.553. The van der Waals surface area contributed by atoms with E-state index in [1.54, 1.807) is 4.68 Å². The zero-order valence-electron chi connectivity index (χ0n) is 13.8. The van der Waals surface area contributed by atoms with E-state index in [4.69, 9.17) is 4.74 Å². The summed E-state index contributed by atoms with van der Waals surface area (Å²) in [5, 5.41) is 10.5. The highest BCUT2D eigenvalue weighted by molar-refractivity contribution is 5.77. The summed E-state index contributed by atoms with van der Waals surface area (Å²) in [6, 6.07) is 6.32. The van der Waals surface area contributed by atoms with Crippen LogP contribution in [0.25, 0.3) is 0 Å². The molecule has 1 aliphatic heterocycles. The lowest BCUT2D eigenvalue weighted by Crippen LogP contribution is -2.28. The van der Waals surface area contributed by atoms with Gasteiger partial charge in [-0.1, -0.05) is 18.2 Å². The van der Waals surface area contributed by atoms with E-state index in [1.807, 2.05) is 20.9 Å². The van der Waals surface area contributed by atoms with Gasteiger partial charge in [-0.3, -0.25) is 9.48 Å². The highest BCUT2D eigenvalue weighted by Gasteiger charge is 2.13. The van der Waals surface area contributed by atoms with Crippen molar-refractivity contribution in [2.75, 3.05) is 6.61 Å². The normalized spacial score (nSPS) is 13.0. The predicted molar refractivity (Wildman–Crippen MR) is 87.0 cm³/mol. The zero-order valence-corrected chi connectivity index (χ0v) is 13.8. The Hall–Kier alpha value is -2.34. The van der Waals surface area contributed by atoms with Gasteiger partial charge in [0, 0.05) is 26.7 Å². The Bertz CT molecular complexity index is 736. The lowest BCUT2D eigenvalue weighted by atomic mass is 10.1. The molecule has 0 saturated heterocycles. The Kier molecular flexibility index (Phi) is 4.34. The molecule has 2 aromatic rings. The molecule has 0 bridgehead atoms. The Balaban J connectivity index is 1.52. The van der Waals surface area contributed by atoms with Crippen LogP contribution in [-0.2, 0) is 31.5 Å². The van der Waals surface area contributed by atoms with E-state index in [0.717, 1.165) is 30.0 Å². The molecule has 1 aromatic carbocycles. The summed E-state index contributed by atoms with van der Waals surface area (Å²) in [6.07, 6.45) is 0. The van der Waals surface area contributed by atoms with Crippen LogP contribution in [0.5, 0.6) is 5.75 Å². The van der Waals surface area contributed by atoms with Gasteiger partial charge in [-0.05, 0) is 30.5 Å². The summed E-state index contributed by atoms with van der Waals surface area (Å²) in [4.78, 5) is 12.0. The van der Waals surface area contributed by atoms with Crippen LogP contribution in [0.4, 0.5) is 0 Å². The summed E-state index contributed by atoms with van der Waals surface area (Å²) < 4.78 is 7.36. The Morgan fingerprint density at radius 2 is 2.13 bits per heavy atom. The van der Waals surface area contributed by atoms with Crippen molar-refractivity contribution in [2.24, 2.45) is 7.05 Å². The molecule has 0 atom stereocenters. The molecule has 23 heavy (non-hydrogen) atoms. The molecule has 0 spiro atoms. The molecular formula is C17H22N4O2. The van der Waals surface area contributed by atoms with E-state index in [9.17, 15) is 4.79 Å². The lowest BCUT2D eigenvalue weighted by Gasteiger charge is -2.09. The molecular weight excluding hydrogens is 292 g/mol. The van der Waals surface area contributed by atoms with Crippen LogP contribution < -0.4 is 15.4 Å². The maximum absolute atomic E-state index is 12.0. The van der Waals surface area contributed by atoms with Gasteiger partial charge in [-0.2, -0.15) is 5.10 Å². The number of hydrogen-bond donors (Lipinski definition) is 2. The number of nitrogens with one attached hydrogen (secondary N) is 2. The van der Waals surface area contributed by atoms with Crippen LogP contribution in [0.15, 0.2) is 18.2 Å². The van der Waals surface area contributed by atoms with Gasteiger partial charge >= 0.3 is 0 Å². The van der Waals surface area contributed by atoms with Crippen molar-refractivity contribution in [1.29, 1.82) is 0 Å². The monoisotopic (exact) mass is 314 g/mol. The van der Waals surface area contributed by atoms with E-state index >= 15 is 0 Å². The lowest BCUT2D eigenvalue weighted by molar-refractivity contribution is -0.123. The van der Waals surface area contributed by atoms with Crippen molar-refractivity contribution >= 4 is 5.91 Å². The van der Waals surface area contributed by atoms with Gasteiger partial charge in [0.05, 0.1) is 5.69 Å². The highest BCUT2D eigenvalue weighted by Crippen LogP contribution is 2.21. The van der Waals surface area contributed by atoms with Gasteiger partial charge in [-0.25, -0.2) is 0 Å². The van der Waals surface area contributed by atoms with Crippen molar-refractivity contribution in [3.05, 3.63) is 46.3 Å². The van der Waals surface area contributed by atoms with E-state index < -0.39 is 0 Å². The second kappa shape index (κ2) is 6.42. The molecule has 2 heterocycles. The second-order valence-corrected chi connectivity index (χ2v) is 5.90. The summed E-state index contributed by atoms with van der Waals surface area (Å²) in [5.41, 5.74) is 5.47. The minimum atomic E-state index is -0.133. The van der Waals surface area contributed by atoms with Crippen LogP contribution in [0.3, 0.4) is 0 Å². The second-order valence-electron chi connectivity index (χ2n) is 5.90. The molecule has 0 saturated carbocycles. The number of carbonyl (C=O) groups excluding carboxylic acids is 1. The molecule has 1 aromatic heterocycles. The third kappa shape index (κ3) is 3.37. The largest absolute Gasteiger partial charge is 0.480 e. The third-order valence-electron chi connectivity index (χ3n) is 4.18. The molecule has 1 aliphatic rings. The Morgan fingerprint density at radius 3 is 2.87 bits per heavy atom. The quantitative estimate of drug-likeness (QED) is 0.874. The number of hydrogen-bond acceptors (Lipinski definition) is 4. The first-order valence-corrected chi connectivity index (χ1v) is 7.75. The maximum atomic E-state index is 12.0. The smallest absolute Gasteiger partial charge is 0.258 e.